The van der Waals surface area contributed by atoms with E-state index in [9.17, 15) is 0 Å². The van der Waals surface area contributed by atoms with E-state index in [1.54, 1.807) is 0 Å². The highest BCUT2D eigenvalue weighted by atomic mass is 16.3. The Bertz CT molecular complexity index is 4620. The van der Waals surface area contributed by atoms with Crippen LogP contribution in [0.1, 0.15) is 72.4 Å². The number of para-hydroxylation sites is 3. The number of aliphatic imine (C=N–C) groups is 1. The Balaban J connectivity index is 0.745. The van der Waals surface area contributed by atoms with E-state index >= 15 is 0 Å². The number of aromatic nitrogens is 1. The second kappa shape index (κ2) is 19.5. The summed E-state index contributed by atoms with van der Waals surface area (Å²) in [5.41, 5.74) is 21.8. The molecule has 1 aliphatic carbocycles. The molecule has 4 heteroatoms. The molecule has 15 rings (SSSR count). The van der Waals surface area contributed by atoms with Crippen LogP contribution in [0.5, 0.6) is 0 Å². The maximum atomic E-state index is 6.74. The molecule has 3 atom stereocenters. The molecular weight excluding hydrogens is 961 g/mol. The number of fused-ring (bicyclic) bond motifs is 9. The predicted octanol–water partition coefficient (Wildman–Crippen LogP) is 20.5. The van der Waals surface area contributed by atoms with E-state index in [1.807, 2.05) is 12.1 Å². The second-order valence-corrected chi connectivity index (χ2v) is 21.4. The number of furan rings is 2. The summed E-state index contributed by atoms with van der Waals surface area (Å²) in [5.74, 6) is 0.340. The zero-order valence-electron chi connectivity index (χ0n) is 44.0. The van der Waals surface area contributed by atoms with Gasteiger partial charge in [0.25, 0.3) is 0 Å². The Kier molecular flexibility index (Phi) is 11.5. The summed E-state index contributed by atoms with van der Waals surface area (Å²) >= 11 is 0. The molecule has 0 bridgehead atoms. The van der Waals surface area contributed by atoms with E-state index in [2.05, 4.69) is 254 Å². The second-order valence-electron chi connectivity index (χ2n) is 21.4. The molecule has 0 saturated carbocycles. The highest BCUT2D eigenvalue weighted by Crippen LogP contribution is 2.46. The minimum atomic E-state index is -0.0765. The van der Waals surface area contributed by atoms with Gasteiger partial charge in [-0.15, -0.1) is 0 Å². The fourth-order valence-electron chi connectivity index (χ4n) is 13.0. The monoisotopic (exact) mass is 1020 g/mol. The van der Waals surface area contributed by atoms with Gasteiger partial charge in [0.1, 0.15) is 22.3 Å². The highest BCUT2D eigenvalue weighted by molar-refractivity contribution is 6.12. The van der Waals surface area contributed by atoms with Gasteiger partial charge < -0.3 is 13.4 Å². The molecule has 79 heavy (non-hydrogen) atoms. The van der Waals surface area contributed by atoms with E-state index in [0.29, 0.717) is 0 Å². The standard InChI is InChI=1S/C75H56N2O2/c1-2-59-60(27-15-29-67(76-75(59)50-17-5-3-6-18-50)49-35-33-48(34-36-49)57-37-40-63-62-26-10-12-31-70(62)79-73(63)47-57)64-28-16-32-72-74(64)66-46-56(39-42-71(66)78-72)54-22-14-20-52(44-54)51-19-13-21-53(43-51)55-38-41-69-65(45-55)61-25-9-11-30-68(61)77(69)58-23-7-4-8-24-58/h3-14,16-21,23-28,30-47,54,59,75H,2,15,22,29H2,1H3/b60-27+,76-67?. The number of hydrogen-bond donors (Lipinski definition) is 0. The van der Waals surface area contributed by atoms with Crippen molar-refractivity contribution >= 4 is 82.5 Å². The molecule has 13 aromatic rings. The van der Waals surface area contributed by atoms with Gasteiger partial charge in [0, 0.05) is 55.6 Å². The van der Waals surface area contributed by atoms with Gasteiger partial charge in [0.15, 0.2) is 0 Å². The molecular formula is C75H56N2O2. The largest absolute Gasteiger partial charge is 0.456 e. The normalized spacial score (nSPS) is 17.5. The molecule has 378 valence electrons. The third-order valence-corrected chi connectivity index (χ3v) is 16.9. The lowest BCUT2D eigenvalue weighted by Crippen LogP contribution is -2.18. The molecule has 2 aliphatic rings. The first-order valence-electron chi connectivity index (χ1n) is 28.0. The highest BCUT2D eigenvalue weighted by Gasteiger charge is 2.30. The summed E-state index contributed by atoms with van der Waals surface area (Å²) in [4.78, 5) is 5.79. The third-order valence-electron chi connectivity index (χ3n) is 16.9. The van der Waals surface area contributed by atoms with Crippen molar-refractivity contribution in [1.82, 2.24) is 4.57 Å². The van der Waals surface area contributed by atoms with Crippen molar-refractivity contribution in [3.63, 3.8) is 0 Å². The van der Waals surface area contributed by atoms with E-state index in [0.717, 1.165) is 81.0 Å². The lowest BCUT2D eigenvalue weighted by Gasteiger charge is -2.30. The molecule has 0 fully saturated rings. The summed E-state index contributed by atoms with van der Waals surface area (Å²) in [7, 11) is 0. The fraction of sp³-hybridized carbons (Fsp3) is 0.107. The number of allylic oxidation sites excluding steroid dienone is 5. The first-order chi connectivity index (χ1) is 39.1. The SMILES string of the molecule is CCC1/C(c2cccc3oc4ccc(C5C=C(c6cccc(-c7ccc8c(c7)c7ccccc7n8-c7ccccc7)c6)C=CC5)cc4c23)=C\CCC(c2ccc(-c3ccc4c(c3)oc3ccccc34)cc2)=NC1c1ccccc1. The fourth-order valence-corrected chi connectivity index (χ4v) is 13.0. The molecule has 1 aliphatic heterocycles. The van der Waals surface area contributed by atoms with E-state index in [-0.39, 0.29) is 17.9 Å². The van der Waals surface area contributed by atoms with Crippen LogP contribution in [-0.4, -0.2) is 10.3 Å². The van der Waals surface area contributed by atoms with Crippen LogP contribution in [0.25, 0.3) is 105 Å². The Morgan fingerprint density at radius 1 is 0.481 bits per heavy atom. The van der Waals surface area contributed by atoms with Crippen molar-refractivity contribution in [2.75, 3.05) is 0 Å². The molecule has 10 aromatic carbocycles. The van der Waals surface area contributed by atoms with Gasteiger partial charge >= 0.3 is 0 Å². The molecule has 0 radical (unpaired) electrons. The van der Waals surface area contributed by atoms with Crippen LogP contribution in [0.2, 0.25) is 0 Å². The number of hydrogen-bond acceptors (Lipinski definition) is 3. The predicted molar refractivity (Wildman–Crippen MR) is 330 cm³/mol. The number of rotatable bonds is 9. The van der Waals surface area contributed by atoms with Gasteiger partial charge in [-0.05, 0) is 160 Å². The van der Waals surface area contributed by atoms with Gasteiger partial charge in [-0.3, -0.25) is 4.99 Å². The third kappa shape index (κ3) is 8.26. The lowest BCUT2D eigenvalue weighted by atomic mass is 9.79. The van der Waals surface area contributed by atoms with Crippen molar-refractivity contribution in [3.8, 4) is 27.9 Å². The summed E-state index contributed by atoms with van der Waals surface area (Å²) in [6.45, 7) is 2.32. The van der Waals surface area contributed by atoms with E-state index < -0.39 is 0 Å². The first-order valence-corrected chi connectivity index (χ1v) is 28.0. The van der Waals surface area contributed by atoms with Gasteiger partial charge in [-0.1, -0.05) is 189 Å². The smallest absolute Gasteiger partial charge is 0.136 e. The lowest BCUT2D eigenvalue weighted by molar-refractivity contribution is 0.519. The molecule has 3 unspecified atom stereocenters. The van der Waals surface area contributed by atoms with Crippen LogP contribution in [-0.2, 0) is 0 Å². The number of benzene rings is 10. The average Bonchev–Trinajstić information content (AvgIpc) is 4.42. The topological polar surface area (TPSA) is 43.6 Å². The van der Waals surface area contributed by atoms with Crippen LogP contribution in [0.4, 0.5) is 0 Å². The van der Waals surface area contributed by atoms with Crippen LogP contribution < -0.4 is 0 Å². The maximum Gasteiger partial charge on any atom is 0.136 e. The molecule has 0 saturated heterocycles. The van der Waals surface area contributed by atoms with Gasteiger partial charge in [0.05, 0.1) is 17.1 Å². The quantitative estimate of drug-likeness (QED) is 0.145. The molecule has 4 nitrogen and oxygen atoms in total. The van der Waals surface area contributed by atoms with Crippen LogP contribution in [0, 0.1) is 5.92 Å². The van der Waals surface area contributed by atoms with Crippen molar-refractivity contribution in [1.29, 1.82) is 0 Å². The van der Waals surface area contributed by atoms with Gasteiger partial charge in [-0.2, -0.15) is 0 Å². The summed E-state index contributed by atoms with van der Waals surface area (Å²) in [6.07, 6.45) is 13.2. The molecule has 3 aromatic heterocycles. The van der Waals surface area contributed by atoms with Gasteiger partial charge in [0.2, 0.25) is 0 Å². The number of nitrogens with zero attached hydrogens (tertiary/aromatic N) is 2. The summed E-state index contributed by atoms with van der Waals surface area (Å²) < 4.78 is 15.4. The minimum Gasteiger partial charge on any atom is -0.456 e. The van der Waals surface area contributed by atoms with Crippen molar-refractivity contribution in [2.24, 2.45) is 10.9 Å². The Hall–Kier alpha value is -9.51. The zero-order chi connectivity index (χ0) is 52.4. The molecule has 0 spiro atoms. The Labute approximate surface area is 459 Å². The van der Waals surface area contributed by atoms with Crippen LogP contribution in [0.15, 0.2) is 269 Å². The molecule has 0 amide bonds. The minimum absolute atomic E-state index is 0.0765. The average molecular weight is 1020 g/mol. The van der Waals surface area contributed by atoms with Crippen LogP contribution in [0.3, 0.4) is 0 Å². The van der Waals surface area contributed by atoms with E-state index in [1.165, 1.54) is 83.0 Å². The van der Waals surface area contributed by atoms with Crippen LogP contribution >= 0.6 is 0 Å². The van der Waals surface area contributed by atoms with Gasteiger partial charge in [-0.25, -0.2) is 0 Å². The molecule has 0 N–H and O–H groups in total. The maximum absolute atomic E-state index is 6.74. The Morgan fingerprint density at radius 2 is 1.15 bits per heavy atom. The Morgan fingerprint density at radius 3 is 2.03 bits per heavy atom. The molecule has 4 heterocycles. The van der Waals surface area contributed by atoms with Crippen molar-refractivity contribution in [3.05, 3.63) is 283 Å². The summed E-state index contributed by atoms with van der Waals surface area (Å²) in [5, 5.41) is 7.15. The van der Waals surface area contributed by atoms with E-state index in [4.69, 9.17) is 13.8 Å². The van der Waals surface area contributed by atoms with Crippen molar-refractivity contribution < 1.29 is 8.83 Å². The first kappa shape index (κ1) is 46.8. The summed E-state index contributed by atoms with van der Waals surface area (Å²) in [6, 6.07) is 83.6. The zero-order valence-corrected chi connectivity index (χ0v) is 44.0. The van der Waals surface area contributed by atoms with Crippen molar-refractivity contribution in [2.45, 2.75) is 44.6 Å².